The van der Waals surface area contributed by atoms with Crippen LogP contribution in [0.1, 0.15) is 55.3 Å². The van der Waals surface area contributed by atoms with Crippen LogP contribution in [0.15, 0.2) is 24.3 Å². The van der Waals surface area contributed by atoms with Gasteiger partial charge in [0.15, 0.2) is 6.61 Å². The van der Waals surface area contributed by atoms with Crippen molar-refractivity contribution in [1.29, 1.82) is 0 Å². The zero-order valence-corrected chi connectivity index (χ0v) is 15.7. The third-order valence-corrected chi connectivity index (χ3v) is 3.84. The van der Waals surface area contributed by atoms with Crippen molar-refractivity contribution in [3.63, 3.8) is 0 Å². The minimum Gasteiger partial charge on any atom is -0.454 e. The molecule has 0 saturated heterocycles. The van der Waals surface area contributed by atoms with Gasteiger partial charge in [-0.3, -0.25) is 19.3 Å². The van der Waals surface area contributed by atoms with E-state index in [1.807, 2.05) is 20.8 Å². The van der Waals surface area contributed by atoms with Crippen LogP contribution in [-0.4, -0.2) is 46.8 Å². The summed E-state index contributed by atoms with van der Waals surface area (Å²) in [7, 11) is 0. The van der Waals surface area contributed by atoms with Gasteiger partial charge >= 0.3 is 5.97 Å². The van der Waals surface area contributed by atoms with Gasteiger partial charge in [0.25, 0.3) is 17.7 Å². The number of benzene rings is 1. The molecule has 3 amide bonds. The Morgan fingerprint density at radius 3 is 2.00 bits per heavy atom. The molecule has 1 aromatic rings. The first kappa shape index (κ1) is 19.6. The molecule has 0 radical (unpaired) electrons. The SMILES string of the molecule is CC(C)[C@@H](C(=O)OCC(=O)NC(C)(C)C)N1C(=O)c2ccccc2C1=O. The molecule has 0 unspecified atom stereocenters. The second kappa shape index (κ2) is 7.27. The number of amides is 3. The number of nitrogens with one attached hydrogen (secondary N) is 1. The number of imide groups is 1. The fourth-order valence-corrected chi connectivity index (χ4v) is 2.81. The van der Waals surface area contributed by atoms with E-state index in [9.17, 15) is 19.2 Å². The minimum absolute atomic E-state index is 0.265. The van der Waals surface area contributed by atoms with Crippen LogP contribution >= 0.6 is 0 Å². The first-order valence-corrected chi connectivity index (χ1v) is 8.47. The van der Waals surface area contributed by atoms with Crippen LogP contribution in [-0.2, 0) is 14.3 Å². The van der Waals surface area contributed by atoms with Crippen LogP contribution in [0.25, 0.3) is 0 Å². The molecule has 1 aliphatic heterocycles. The van der Waals surface area contributed by atoms with Crippen molar-refractivity contribution < 1.29 is 23.9 Å². The van der Waals surface area contributed by atoms with Crippen LogP contribution in [0.4, 0.5) is 0 Å². The van der Waals surface area contributed by atoms with Crippen molar-refractivity contribution in [3.8, 4) is 0 Å². The van der Waals surface area contributed by atoms with E-state index in [0.29, 0.717) is 0 Å². The fraction of sp³-hybridized carbons (Fsp3) is 0.474. The molecule has 1 aromatic carbocycles. The Morgan fingerprint density at radius 1 is 1.08 bits per heavy atom. The maximum atomic E-state index is 12.6. The largest absolute Gasteiger partial charge is 0.454 e. The third-order valence-electron chi connectivity index (χ3n) is 3.84. The van der Waals surface area contributed by atoms with Gasteiger partial charge in [0.1, 0.15) is 6.04 Å². The summed E-state index contributed by atoms with van der Waals surface area (Å²) in [6, 6.07) is 5.33. The molecule has 1 N–H and O–H groups in total. The molecule has 0 aliphatic carbocycles. The zero-order valence-electron chi connectivity index (χ0n) is 15.7. The predicted octanol–water partition coefficient (Wildman–Crippen LogP) is 1.77. The maximum absolute atomic E-state index is 12.6. The molecule has 2 rings (SSSR count). The molecule has 1 atom stereocenters. The summed E-state index contributed by atoms with van der Waals surface area (Å²) in [5, 5.41) is 2.68. The number of hydrogen-bond acceptors (Lipinski definition) is 5. The van der Waals surface area contributed by atoms with Crippen molar-refractivity contribution in [3.05, 3.63) is 35.4 Å². The zero-order chi connectivity index (χ0) is 19.6. The summed E-state index contributed by atoms with van der Waals surface area (Å²) in [6.07, 6.45) is 0. The quantitative estimate of drug-likeness (QED) is 0.638. The lowest BCUT2D eigenvalue weighted by atomic mass is 10.0. The Hall–Kier alpha value is -2.70. The van der Waals surface area contributed by atoms with Crippen LogP contribution in [0.3, 0.4) is 0 Å². The molecule has 0 bridgehead atoms. The number of esters is 1. The van der Waals surface area contributed by atoms with Gasteiger partial charge in [0.2, 0.25) is 0 Å². The Balaban J connectivity index is 2.15. The Bertz CT molecular complexity index is 714. The number of fused-ring (bicyclic) bond motifs is 1. The molecular formula is C19H24N2O5. The van der Waals surface area contributed by atoms with Gasteiger partial charge in [-0.05, 0) is 38.8 Å². The van der Waals surface area contributed by atoms with E-state index in [0.717, 1.165) is 4.90 Å². The summed E-state index contributed by atoms with van der Waals surface area (Å²) in [5.41, 5.74) is 0.0755. The van der Waals surface area contributed by atoms with E-state index in [4.69, 9.17) is 4.74 Å². The molecule has 0 saturated carbocycles. The molecule has 1 heterocycles. The predicted molar refractivity (Wildman–Crippen MR) is 94.4 cm³/mol. The van der Waals surface area contributed by atoms with Crippen molar-refractivity contribution in [2.24, 2.45) is 5.92 Å². The average Bonchev–Trinajstić information content (AvgIpc) is 2.77. The smallest absolute Gasteiger partial charge is 0.330 e. The molecule has 0 fully saturated rings. The second-order valence-electron chi connectivity index (χ2n) is 7.62. The van der Waals surface area contributed by atoms with E-state index in [2.05, 4.69) is 5.32 Å². The molecular weight excluding hydrogens is 336 g/mol. The van der Waals surface area contributed by atoms with E-state index < -0.39 is 41.9 Å². The standard InChI is InChI=1S/C19H24N2O5/c1-11(2)15(18(25)26-10-14(22)20-19(3,4)5)21-16(23)12-8-6-7-9-13(12)17(21)24/h6-9,11,15H,10H2,1-5H3,(H,20,22)/t15-/m0/s1. The third kappa shape index (κ3) is 4.09. The highest BCUT2D eigenvalue weighted by Crippen LogP contribution is 2.27. The van der Waals surface area contributed by atoms with Crippen molar-refractivity contribution >= 4 is 23.7 Å². The monoisotopic (exact) mass is 360 g/mol. The number of carbonyl (C=O) groups is 4. The topological polar surface area (TPSA) is 92.8 Å². The van der Waals surface area contributed by atoms with Gasteiger partial charge in [-0.2, -0.15) is 0 Å². The van der Waals surface area contributed by atoms with E-state index in [1.54, 1.807) is 38.1 Å². The molecule has 1 aliphatic rings. The number of hydrogen-bond donors (Lipinski definition) is 1. The Morgan fingerprint density at radius 2 is 1.58 bits per heavy atom. The molecule has 7 nitrogen and oxygen atoms in total. The van der Waals surface area contributed by atoms with Gasteiger partial charge in [-0.25, -0.2) is 4.79 Å². The van der Waals surface area contributed by atoms with Crippen LogP contribution in [0.2, 0.25) is 0 Å². The van der Waals surface area contributed by atoms with Crippen molar-refractivity contribution in [2.75, 3.05) is 6.61 Å². The summed E-state index contributed by atoms with van der Waals surface area (Å²) < 4.78 is 5.08. The molecule has 0 aromatic heterocycles. The summed E-state index contributed by atoms with van der Waals surface area (Å²) in [5.74, 6) is -2.65. The van der Waals surface area contributed by atoms with Gasteiger partial charge in [-0.15, -0.1) is 0 Å². The van der Waals surface area contributed by atoms with Crippen LogP contribution in [0, 0.1) is 5.92 Å². The molecule has 26 heavy (non-hydrogen) atoms. The number of rotatable bonds is 5. The average molecular weight is 360 g/mol. The molecule has 0 spiro atoms. The summed E-state index contributed by atoms with van der Waals surface area (Å²) >= 11 is 0. The molecule has 7 heteroatoms. The fourth-order valence-electron chi connectivity index (χ4n) is 2.81. The number of carbonyl (C=O) groups excluding carboxylic acids is 4. The summed E-state index contributed by atoms with van der Waals surface area (Å²) in [6.45, 7) is 8.38. The second-order valence-corrected chi connectivity index (χ2v) is 7.62. The van der Waals surface area contributed by atoms with Gasteiger partial charge in [0, 0.05) is 5.54 Å². The van der Waals surface area contributed by atoms with E-state index in [-0.39, 0.29) is 17.0 Å². The number of ether oxygens (including phenoxy) is 1. The molecule has 140 valence electrons. The highest BCUT2D eigenvalue weighted by atomic mass is 16.5. The van der Waals surface area contributed by atoms with E-state index in [1.165, 1.54) is 0 Å². The Kier molecular flexibility index (Phi) is 5.49. The van der Waals surface area contributed by atoms with Gasteiger partial charge in [0.05, 0.1) is 11.1 Å². The van der Waals surface area contributed by atoms with Crippen molar-refractivity contribution in [1.82, 2.24) is 10.2 Å². The maximum Gasteiger partial charge on any atom is 0.330 e. The van der Waals surface area contributed by atoms with Gasteiger partial charge in [-0.1, -0.05) is 26.0 Å². The van der Waals surface area contributed by atoms with Gasteiger partial charge < -0.3 is 10.1 Å². The van der Waals surface area contributed by atoms with Crippen LogP contribution < -0.4 is 5.32 Å². The first-order chi connectivity index (χ1) is 12.0. The normalized spacial score (nSPS) is 15.1. The van der Waals surface area contributed by atoms with Crippen LogP contribution in [0.5, 0.6) is 0 Å². The minimum atomic E-state index is -1.09. The Labute approximate surface area is 152 Å². The summed E-state index contributed by atoms with van der Waals surface area (Å²) in [4.78, 5) is 50.5. The highest BCUT2D eigenvalue weighted by Gasteiger charge is 2.44. The lowest BCUT2D eigenvalue weighted by molar-refractivity contribution is -0.154. The van der Waals surface area contributed by atoms with Crippen molar-refractivity contribution in [2.45, 2.75) is 46.2 Å². The lowest BCUT2D eigenvalue weighted by Gasteiger charge is -2.27. The first-order valence-electron chi connectivity index (χ1n) is 8.47. The lowest BCUT2D eigenvalue weighted by Crippen LogP contribution is -2.50. The highest BCUT2D eigenvalue weighted by molar-refractivity contribution is 6.22. The van der Waals surface area contributed by atoms with E-state index >= 15 is 0 Å². The number of nitrogens with zero attached hydrogens (tertiary/aromatic N) is 1.